The number of hydrogen-bond donors (Lipinski definition) is 0. The minimum atomic E-state index is 0.582. The molecule has 0 radical (unpaired) electrons. The smallest absolute Gasteiger partial charge is 0.0651 e. The molecule has 0 nitrogen and oxygen atoms in total. The van der Waals surface area contributed by atoms with Crippen molar-refractivity contribution in [1.82, 2.24) is 0 Å². The molecule has 1 aliphatic rings. The van der Waals surface area contributed by atoms with Crippen LogP contribution < -0.4 is 0 Å². The van der Waals surface area contributed by atoms with E-state index in [2.05, 4.69) is 42.5 Å². The molecule has 1 aliphatic carbocycles. The molecule has 1 fully saturated rings. The van der Waals surface area contributed by atoms with Crippen molar-refractivity contribution in [3.8, 4) is 0 Å². The molecule has 0 saturated heterocycles. The van der Waals surface area contributed by atoms with E-state index in [1.807, 2.05) is 0 Å². The van der Waals surface area contributed by atoms with Gasteiger partial charge >= 0.3 is 0 Å². The van der Waals surface area contributed by atoms with E-state index in [9.17, 15) is 0 Å². The summed E-state index contributed by atoms with van der Waals surface area (Å²) < 4.78 is 0. The van der Waals surface area contributed by atoms with Crippen LogP contribution in [0, 0.1) is 16.7 Å². The predicted molar refractivity (Wildman–Crippen MR) is 53.6 cm³/mol. The molecule has 0 heterocycles. The standard InChI is InChI=1S/C10H21B/c1-6-7-9(2,3)8(11)10(7,4)5/h7-8H,6,11H2,1-5H3. The zero-order chi connectivity index (χ0) is 8.86. The van der Waals surface area contributed by atoms with Gasteiger partial charge in [0.05, 0.1) is 0 Å². The zero-order valence-electron chi connectivity index (χ0n) is 8.86. The minimum absolute atomic E-state index is 0.582. The predicted octanol–water partition coefficient (Wildman–Crippen LogP) is 2.50. The Morgan fingerprint density at radius 2 is 1.45 bits per heavy atom. The second kappa shape index (κ2) is 2.28. The van der Waals surface area contributed by atoms with Gasteiger partial charge in [-0.15, -0.1) is 0 Å². The Morgan fingerprint density at radius 1 is 1.09 bits per heavy atom. The minimum Gasteiger partial charge on any atom is -0.0651 e. The monoisotopic (exact) mass is 152 g/mol. The van der Waals surface area contributed by atoms with Crippen LogP contribution in [0.1, 0.15) is 41.0 Å². The number of hydrogen-bond acceptors (Lipinski definition) is 0. The highest BCUT2D eigenvalue weighted by atomic mass is 14.6. The Morgan fingerprint density at radius 3 is 1.64 bits per heavy atom. The normalized spacial score (nSPS) is 39.7. The number of rotatable bonds is 1. The quantitative estimate of drug-likeness (QED) is 0.506. The molecule has 1 saturated carbocycles. The van der Waals surface area contributed by atoms with Gasteiger partial charge in [0.25, 0.3) is 0 Å². The van der Waals surface area contributed by atoms with Gasteiger partial charge in [0.1, 0.15) is 7.85 Å². The highest BCUT2D eigenvalue weighted by Crippen LogP contribution is 2.66. The van der Waals surface area contributed by atoms with E-state index < -0.39 is 0 Å². The maximum Gasteiger partial charge on any atom is 0.106 e. The third-order valence-corrected chi connectivity index (χ3v) is 4.44. The molecule has 0 N–H and O–H groups in total. The van der Waals surface area contributed by atoms with Crippen molar-refractivity contribution < 1.29 is 0 Å². The van der Waals surface area contributed by atoms with Gasteiger partial charge in [-0.2, -0.15) is 0 Å². The summed E-state index contributed by atoms with van der Waals surface area (Å²) in [5.74, 6) is 1.80. The Kier molecular flexibility index (Phi) is 1.89. The summed E-state index contributed by atoms with van der Waals surface area (Å²) in [7, 11) is 2.40. The van der Waals surface area contributed by atoms with Gasteiger partial charge in [0.15, 0.2) is 0 Å². The van der Waals surface area contributed by atoms with Crippen LogP contribution >= 0.6 is 0 Å². The summed E-state index contributed by atoms with van der Waals surface area (Å²) in [5.41, 5.74) is 1.16. The summed E-state index contributed by atoms with van der Waals surface area (Å²) >= 11 is 0. The SMILES string of the molecule is BC1C(C)(C)C(CC)C1(C)C. The van der Waals surface area contributed by atoms with Crippen LogP contribution in [-0.2, 0) is 0 Å². The van der Waals surface area contributed by atoms with Crippen LogP contribution in [-0.4, -0.2) is 7.85 Å². The Hall–Kier alpha value is 0.0649. The molecular formula is C10H21B. The third kappa shape index (κ3) is 0.964. The molecule has 0 bridgehead atoms. The second-order valence-corrected chi connectivity index (χ2v) is 5.33. The van der Waals surface area contributed by atoms with Gasteiger partial charge in [0.2, 0.25) is 0 Å². The van der Waals surface area contributed by atoms with Crippen molar-refractivity contribution in [2.75, 3.05) is 0 Å². The van der Waals surface area contributed by atoms with E-state index in [-0.39, 0.29) is 0 Å². The van der Waals surface area contributed by atoms with Crippen LogP contribution in [0.5, 0.6) is 0 Å². The topological polar surface area (TPSA) is 0 Å². The summed E-state index contributed by atoms with van der Waals surface area (Å²) in [6.07, 6.45) is 1.34. The highest BCUT2D eigenvalue weighted by Gasteiger charge is 2.57. The first-order chi connectivity index (χ1) is 4.85. The lowest BCUT2D eigenvalue weighted by Gasteiger charge is -2.64. The maximum atomic E-state index is 2.41. The Labute approximate surface area is 72.2 Å². The van der Waals surface area contributed by atoms with Crippen molar-refractivity contribution in [1.29, 1.82) is 0 Å². The Balaban J connectivity index is 2.79. The van der Waals surface area contributed by atoms with Gasteiger partial charge in [-0.1, -0.05) is 46.9 Å². The van der Waals surface area contributed by atoms with Gasteiger partial charge in [-0.05, 0) is 16.7 Å². The maximum absolute atomic E-state index is 2.41. The third-order valence-electron chi connectivity index (χ3n) is 4.44. The summed E-state index contributed by atoms with van der Waals surface area (Å²) in [4.78, 5) is 0. The van der Waals surface area contributed by atoms with E-state index in [0.29, 0.717) is 10.8 Å². The average Bonchev–Trinajstić information content (AvgIpc) is 1.86. The zero-order valence-corrected chi connectivity index (χ0v) is 8.86. The first-order valence-electron chi connectivity index (χ1n) is 4.85. The first-order valence-corrected chi connectivity index (χ1v) is 4.85. The first kappa shape index (κ1) is 9.16. The molecule has 64 valence electrons. The summed E-state index contributed by atoms with van der Waals surface area (Å²) in [6, 6.07) is 0. The van der Waals surface area contributed by atoms with Crippen LogP contribution in [0.3, 0.4) is 0 Å². The molecule has 0 aromatic rings. The van der Waals surface area contributed by atoms with Crippen molar-refractivity contribution in [3.63, 3.8) is 0 Å². The molecule has 0 aliphatic heterocycles. The fourth-order valence-corrected chi connectivity index (χ4v) is 3.48. The van der Waals surface area contributed by atoms with Gasteiger partial charge in [0, 0.05) is 0 Å². The Bertz CT molecular complexity index is 142. The van der Waals surface area contributed by atoms with E-state index in [1.165, 1.54) is 6.42 Å². The highest BCUT2D eigenvalue weighted by molar-refractivity contribution is 6.13. The molecule has 1 heteroatoms. The molecule has 11 heavy (non-hydrogen) atoms. The van der Waals surface area contributed by atoms with E-state index in [1.54, 1.807) is 0 Å². The summed E-state index contributed by atoms with van der Waals surface area (Å²) in [6.45, 7) is 12.0. The van der Waals surface area contributed by atoms with Gasteiger partial charge < -0.3 is 0 Å². The molecule has 0 amide bonds. The molecule has 1 rings (SSSR count). The van der Waals surface area contributed by atoms with Gasteiger partial charge in [-0.25, -0.2) is 0 Å². The fraction of sp³-hybridized carbons (Fsp3) is 1.00. The molecular weight excluding hydrogens is 131 g/mol. The lowest BCUT2D eigenvalue weighted by atomic mass is 9.35. The van der Waals surface area contributed by atoms with Crippen LogP contribution in [0.25, 0.3) is 0 Å². The second-order valence-electron chi connectivity index (χ2n) is 5.33. The molecule has 0 spiro atoms. The van der Waals surface area contributed by atoms with E-state index >= 15 is 0 Å². The van der Waals surface area contributed by atoms with E-state index in [0.717, 1.165) is 11.7 Å². The van der Waals surface area contributed by atoms with Gasteiger partial charge in [-0.3, -0.25) is 0 Å². The lowest BCUT2D eigenvalue weighted by Crippen LogP contribution is -2.55. The van der Waals surface area contributed by atoms with Crippen molar-refractivity contribution in [2.45, 2.75) is 46.9 Å². The van der Waals surface area contributed by atoms with E-state index in [4.69, 9.17) is 0 Å². The largest absolute Gasteiger partial charge is 0.106 e. The lowest BCUT2D eigenvalue weighted by molar-refractivity contribution is -0.0792. The molecule has 0 aromatic carbocycles. The molecule has 0 atom stereocenters. The van der Waals surface area contributed by atoms with Crippen LogP contribution in [0.15, 0.2) is 0 Å². The van der Waals surface area contributed by atoms with Crippen LogP contribution in [0.4, 0.5) is 0 Å². The van der Waals surface area contributed by atoms with Crippen molar-refractivity contribution in [3.05, 3.63) is 0 Å². The average molecular weight is 152 g/mol. The van der Waals surface area contributed by atoms with Crippen molar-refractivity contribution >= 4 is 7.85 Å². The van der Waals surface area contributed by atoms with Crippen LogP contribution in [0.2, 0.25) is 5.82 Å². The summed E-state index contributed by atoms with van der Waals surface area (Å²) in [5, 5.41) is 0. The fourth-order valence-electron chi connectivity index (χ4n) is 3.48. The van der Waals surface area contributed by atoms with Crippen molar-refractivity contribution in [2.24, 2.45) is 16.7 Å². The molecule has 0 aromatic heterocycles. The molecule has 0 unspecified atom stereocenters.